The minimum Gasteiger partial charge on any atom is -0.507 e. The normalized spacial score (nSPS) is 14.0. The molecule has 2 aromatic carbocycles. The molecule has 0 radical (unpaired) electrons. The van der Waals surface area contributed by atoms with Gasteiger partial charge in [-0.05, 0) is 25.1 Å². The van der Waals surface area contributed by atoms with Crippen LogP contribution < -0.4 is 11.1 Å². The lowest BCUT2D eigenvalue weighted by Crippen LogP contribution is -2.26. The van der Waals surface area contributed by atoms with Gasteiger partial charge in [0.05, 0.1) is 35.0 Å². The molecule has 0 amide bonds. The Morgan fingerprint density at radius 1 is 1.04 bits per heavy atom. The highest BCUT2D eigenvalue weighted by atomic mass is 16.3. The zero-order chi connectivity index (χ0) is 19.2. The van der Waals surface area contributed by atoms with E-state index in [4.69, 9.17) is 10.8 Å². The van der Waals surface area contributed by atoms with Crippen molar-refractivity contribution in [2.45, 2.75) is 13.0 Å². The maximum Gasteiger partial charge on any atom is 0.200 e. The molecular formula is C18H18N2O6. The van der Waals surface area contributed by atoms with Crippen LogP contribution >= 0.6 is 0 Å². The molecule has 1 aliphatic carbocycles. The zero-order valence-corrected chi connectivity index (χ0v) is 13.9. The highest BCUT2D eigenvalue weighted by Gasteiger charge is 2.38. The Morgan fingerprint density at radius 3 is 2.08 bits per heavy atom. The third kappa shape index (κ3) is 2.47. The fourth-order valence-corrected chi connectivity index (χ4v) is 3.16. The third-order valence-corrected chi connectivity index (χ3v) is 4.35. The van der Waals surface area contributed by atoms with E-state index >= 15 is 0 Å². The summed E-state index contributed by atoms with van der Waals surface area (Å²) in [6, 6.07) is 3.67. The Labute approximate surface area is 148 Å². The van der Waals surface area contributed by atoms with Crippen LogP contribution in [0.25, 0.3) is 0 Å². The smallest absolute Gasteiger partial charge is 0.200 e. The molecule has 1 aliphatic rings. The first-order valence-electron chi connectivity index (χ1n) is 7.93. The van der Waals surface area contributed by atoms with Crippen molar-refractivity contribution in [3.8, 4) is 11.5 Å². The number of phenolic OH excluding ortho intramolecular Hbond substituents is 2. The van der Waals surface area contributed by atoms with Crippen molar-refractivity contribution in [2.24, 2.45) is 0 Å². The number of aromatic hydroxyl groups is 2. The summed E-state index contributed by atoms with van der Waals surface area (Å²) < 4.78 is 0. The Balaban J connectivity index is 2.37. The molecule has 0 heterocycles. The number of anilines is 2. The Morgan fingerprint density at radius 2 is 1.58 bits per heavy atom. The molecule has 0 spiro atoms. The molecule has 0 aliphatic heterocycles. The number of aliphatic hydroxyl groups excluding tert-OH is 2. The van der Waals surface area contributed by atoms with E-state index in [0.29, 0.717) is 0 Å². The number of ketones is 2. The molecule has 8 heteroatoms. The molecular weight excluding hydrogens is 340 g/mol. The Bertz CT molecular complexity index is 936. The van der Waals surface area contributed by atoms with Crippen LogP contribution in [-0.4, -0.2) is 45.1 Å². The molecule has 7 N–H and O–H groups in total. The topological polar surface area (TPSA) is 153 Å². The van der Waals surface area contributed by atoms with Gasteiger partial charge < -0.3 is 31.5 Å². The molecule has 0 fully saturated rings. The SMILES string of the molecule is CC(O)c1cc(NCCO)c2c(c1N)C(=O)c1c(O)ccc(O)c1C2=O. The quantitative estimate of drug-likeness (QED) is 0.297. The predicted octanol–water partition coefficient (Wildman–Crippen LogP) is 0.913. The van der Waals surface area contributed by atoms with Crippen LogP contribution in [0.3, 0.4) is 0 Å². The first kappa shape index (κ1) is 17.7. The number of fused-ring (bicyclic) bond motifs is 2. The van der Waals surface area contributed by atoms with Gasteiger partial charge in [0.1, 0.15) is 11.5 Å². The number of nitrogens with two attached hydrogens (primary N) is 1. The minimum atomic E-state index is -1.02. The molecule has 0 saturated heterocycles. The van der Waals surface area contributed by atoms with Crippen LogP contribution in [0.5, 0.6) is 11.5 Å². The first-order valence-corrected chi connectivity index (χ1v) is 7.93. The number of carbonyl (C=O) groups is 2. The second-order valence-corrected chi connectivity index (χ2v) is 6.02. The zero-order valence-electron chi connectivity index (χ0n) is 13.9. The summed E-state index contributed by atoms with van der Waals surface area (Å²) in [5, 5.41) is 42.0. The molecule has 0 aromatic heterocycles. The van der Waals surface area contributed by atoms with Gasteiger partial charge in [0.25, 0.3) is 0 Å². The van der Waals surface area contributed by atoms with Crippen LogP contribution in [0.1, 0.15) is 50.4 Å². The van der Waals surface area contributed by atoms with Crippen molar-refractivity contribution in [1.29, 1.82) is 0 Å². The van der Waals surface area contributed by atoms with E-state index in [1.165, 1.54) is 13.0 Å². The number of hydrogen-bond acceptors (Lipinski definition) is 8. The van der Waals surface area contributed by atoms with Crippen LogP contribution in [-0.2, 0) is 0 Å². The van der Waals surface area contributed by atoms with Gasteiger partial charge in [-0.1, -0.05) is 0 Å². The van der Waals surface area contributed by atoms with Crippen molar-refractivity contribution in [3.63, 3.8) is 0 Å². The van der Waals surface area contributed by atoms with Crippen molar-refractivity contribution >= 4 is 22.9 Å². The number of nitrogens with one attached hydrogen (secondary N) is 1. The predicted molar refractivity (Wildman–Crippen MR) is 93.7 cm³/mol. The lowest BCUT2D eigenvalue weighted by Gasteiger charge is -2.25. The van der Waals surface area contributed by atoms with Gasteiger partial charge in [-0.3, -0.25) is 9.59 Å². The lowest BCUT2D eigenvalue weighted by molar-refractivity contribution is 0.0975. The fourth-order valence-electron chi connectivity index (χ4n) is 3.16. The summed E-state index contributed by atoms with van der Waals surface area (Å²) in [6.45, 7) is 1.32. The molecule has 8 nitrogen and oxygen atoms in total. The van der Waals surface area contributed by atoms with E-state index in [-0.39, 0.29) is 52.3 Å². The van der Waals surface area contributed by atoms with Crippen molar-refractivity contribution in [3.05, 3.63) is 46.0 Å². The van der Waals surface area contributed by atoms with E-state index in [1.807, 2.05) is 0 Å². The van der Waals surface area contributed by atoms with Crippen LogP contribution in [0.4, 0.5) is 11.4 Å². The largest absolute Gasteiger partial charge is 0.507 e. The fraction of sp³-hybridized carbons (Fsp3) is 0.222. The summed E-state index contributed by atoms with van der Waals surface area (Å²) >= 11 is 0. The maximum absolute atomic E-state index is 13.0. The lowest BCUT2D eigenvalue weighted by atomic mass is 9.80. The van der Waals surface area contributed by atoms with Gasteiger partial charge in [-0.2, -0.15) is 0 Å². The van der Waals surface area contributed by atoms with E-state index in [2.05, 4.69) is 5.32 Å². The second kappa shape index (κ2) is 6.32. The summed E-state index contributed by atoms with van der Waals surface area (Å²) in [5.74, 6) is -2.30. The molecule has 0 saturated carbocycles. The molecule has 0 bridgehead atoms. The molecule has 1 unspecified atom stereocenters. The number of benzene rings is 2. The number of phenols is 2. The highest BCUT2D eigenvalue weighted by Crippen LogP contribution is 2.43. The van der Waals surface area contributed by atoms with Gasteiger partial charge in [0.2, 0.25) is 11.6 Å². The maximum atomic E-state index is 13.0. The van der Waals surface area contributed by atoms with Gasteiger partial charge in [0, 0.05) is 23.5 Å². The number of aliphatic hydroxyl groups is 2. The van der Waals surface area contributed by atoms with E-state index < -0.39 is 29.2 Å². The van der Waals surface area contributed by atoms with Crippen molar-refractivity contribution in [2.75, 3.05) is 24.2 Å². The third-order valence-electron chi connectivity index (χ3n) is 4.35. The van der Waals surface area contributed by atoms with Gasteiger partial charge in [-0.25, -0.2) is 0 Å². The molecule has 3 rings (SSSR count). The summed E-state index contributed by atoms with van der Waals surface area (Å²) in [6.07, 6.45) is -1.02. The van der Waals surface area contributed by atoms with E-state index in [1.54, 1.807) is 0 Å². The van der Waals surface area contributed by atoms with Crippen molar-refractivity contribution in [1.82, 2.24) is 0 Å². The monoisotopic (exact) mass is 358 g/mol. The van der Waals surface area contributed by atoms with Crippen LogP contribution in [0, 0.1) is 0 Å². The molecule has 2 aromatic rings. The number of hydrogen-bond donors (Lipinski definition) is 6. The Kier molecular flexibility index (Phi) is 4.31. The number of carbonyl (C=O) groups excluding carboxylic acids is 2. The molecule has 136 valence electrons. The van der Waals surface area contributed by atoms with Gasteiger partial charge in [-0.15, -0.1) is 0 Å². The van der Waals surface area contributed by atoms with Crippen molar-refractivity contribution < 1.29 is 30.0 Å². The van der Waals surface area contributed by atoms with Crippen LogP contribution in [0.2, 0.25) is 0 Å². The van der Waals surface area contributed by atoms with Gasteiger partial charge >= 0.3 is 0 Å². The number of nitrogen functional groups attached to an aromatic ring is 1. The standard InChI is InChI=1S/C18H18N2O6/c1-7(22)8-6-9(20-4-5-21)12-15(16(8)19)18(26)14-11(24)3-2-10(23)13(14)17(12)25/h2-3,6-7,20-24H,4-5,19H2,1H3. The average molecular weight is 358 g/mol. The van der Waals surface area contributed by atoms with Crippen LogP contribution in [0.15, 0.2) is 18.2 Å². The van der Waals surface area contributed by atoms with Gasteiger partial charge in [0.15, 0.2) is 0 Å². The summed E-state index contributed by atoms with van der Waals surface area (Å²) in [7, 11) is 0. The minimum absolute atomic E-state index is 0.0706. The van der Waals surface area contributed by atoms with E-state index in [9.17, 15) is 24.9 Å². The first-order chi connectivity index (χ1) is 12.3. The summed E-state index contributed by atoms with van der Waals surface area (Å²) in [4.78, 5) is 26.0. The Hall–Kier alpha value is -3.10. The average Bonchev–Trinajstić information content (AvgIpc) is 2.59. The molecule has 26 heavy (non-hydrogen) atoms. The second-order valence-electron chi connectivity index (χ2n) is 6.02. The molecule has 1 atom stereocenters. The highest BCUT2D eigenvalue weighted by molar-refractivity contribution is 6.33. The van der Waals surface area contributed by atoms with E-state index in [0.717, 1.165) is 12.1 Å². The number of rotatable bonds is 4. The summed E-state index contributed by atoms with van der Waals surface area (Å²) in [5.41, 5.74) is 5.55.